The molecule has 0 radical (unpaired) electrons. The van der Waals surface area contributed by atoms with E-state index in [4.69, 9.17) is 5.73 Å². The molecule has 0 bridgehead atoms. The molecule has 0 fully saturated rings. The van der Waals surface area contributed by atoms with Gasteiger partial charge in [0.05, 0.1) is 12.4 Å². The number of carbonyl (C=O) groups excluding carboxylic acids is 1. The number of hydrogen-bond donors (Lipinski definition) is 2. The maximum atomic E-state index is 11.8. The van der Waals surface area contributed by atoms with Crippen molar-refractivity contribution in [3.63, 3.8) is 0 Å². The number of carbonyl (C=O) groups is 1. The summed E-state index contributed by atoms with van der Waals surface area (Å²) in [4.78, 5) is 11.8. The van der Waals surface area contributed by atoms with Crippen molar-refractivity contribution in [3.05, 3.63) is 34.3 Å². The highest BCUT2D eigenvalue weighted by atomic mass is 32.1. The Hall–Kier alpha value is -3.08. The van der Waals surface area contributed by atoms with E-state index in [0.29, 0.717) is 0 Å². The van der Waals surface area contributed by atoms with E-state index in [1.807, 2.05) is 16.8 Å². The van der Waals surface area contributed by atoms with E-state index in [9.17, 15) is 4.79 Å². The Balaban J connectivity index is 1.68. The first-order chi connectivity index (χ1) is 10.2. The lowest BCUT2D eigenvalue weighted by Gasteiger charge is -1.93. The first-order valence-electron chi connectivity index (χ1n) is 5.60. The summed E-state index contributed by atoms with van der Waals surface area (Å²) in [6.45, 7) is 0. The lowest BCUT2D eigenvalue weighted by atomic mass is 10.4. The van der Waals surface area contributed by atoms with Crippen LogP contribution in [0.4, 0.5) is 5.82 Å². The van der Waals surface area contributed by atoms with Gasteiger partial charge in [-0.25, -0.2) is 10.1 Å². The Kier molecular flexibility index (Phi) is 3.39. The molecular weight excluding hydrogens is 296 g/mol. The molecular formula is C10H8N8O2S. The Labute approximate surface area is 121 Å². The van der Waals surface area contributed by atoms with Crippen molar-refractivity contribution >= 4 is 29.3 Å². The number of aromatic nitrogens is 5. The van der Waals surface area contributed by atoms with E-state index < -0.39 is 5.91 Å². The SMILES string of the molecule is Nc1nonc1-n1cc(C(=O)N/N=C/c2ccsc2)nn1. The third-order valence-electron chi connectivity index (χ3n) is 2.36. The van der Waals surface area contributed by atoms with Crippen molar-refractivity contribution in [3.8, 4) is 5.82 Å². The van der Waals surface area contributed by atoms with Gasteiger partial charge >= 0.3 is 0 Å². The van der Waals surface area contributed by atoms with E-state index in [0.717, 1.165) is 5.56 Å². The Morgan fingerprint density at radius 3 is 3.14 bits per heavy atom. The molecule has 3 N–H and O–H groups in total. The van der Waals surface area contributed by atoms with Crippen LogP contribution in [0.25, 0.3) is 5.82 Å². The summed E-state index contributed by atoms with van der Waals surface area (Å²) in [5.74, 6) is -0.312. The molecule has 11 heteroatoms. The average Bonchev–Trinajstić information content (AvgIpc) is 3.18. The molecule has 21 heavy (non-hydrogen) atoms. The van der Waals surface area contributed by atoms with Gasteiger partial charge in [0.2, 0.25) is 11.6 Å². The third-order valence-corrected chi connectivity index (χ3v) is 3.06. The first-order valence-corrected chi connectivity index (χ1v) is 6.54. The largest absolute Gasteiger partial charge is 0.378 e. The molecule has 0 aliphatic heterocycles. The number of nitrogens with two attached hydrogens (primary N) is 1. The molecule has 3 rings (SSSR count). The standard InChI is InChI=1S/C10H8N8O2S/c11-8-9(16-20-15-8)18-4-7(13-17-18)10(19)14-12-3-6-1-2-21-5-6/h1-5H,(H2,11,15)(H,14,19)/b12-3+. The fraction of sp³-hybridized carbons (Fsp3) is 0. The zero-order valence-electron chi connectivity index (χ0n) is 10.4. The lowest BCUT2D eigenvalue weighted by molar-refractivity contribution is 0.0950. The van der Waals surface area contributed by atoms with Crippen LogP contribution in [0.15, 0.2) is 32.8 Å². The fourth-order valence-corrected chi connectivity index (χ4v) is 2.00. The second-order valence-corrected chi connectivity index (χ2v) is 4.56. The monoisotopic (exact) mass is 304 g/mol. The number of anilines is 1. The summed E-state index contributed by atoms with van der Waals surface area (Å²) in [5, 5.41) is 22.0. The zero-order chi connectivity index (χ0) is 14.7. The van der Waals surface area contributed by atoms with Gasteiger partial charge in [-0.3, -0.25) is 4.79 Å². The molecule has 0 aliphatic rings. The van der Waals surface area contributed by atoms with Crippen LogP contribution >= 0.6 is 11.3 Å². The predicted molar refractivity (Wildman–Crippen MR) is 73.0 cm³/mol. The maximum absolute atomic E-state index is 11.8. The van der Waals surface area contributed by atoms with Gasteiger partial charge in [0, 0.05) is 5.56 Å². The number of nitrogen functional groups attached to an aromatic ring is 1. The molecule has 0 aromatic carbocycles. The zero-order valence-corrected chi connectivity index (χ0v) is 11.2. The highest BCUT2D eigenvalue weighted by Crippen LogP contribution is 2.09. The Bertz CT molecular complexity index is 775. The molecule has 0 aliphatic carbocycles. The number of nitrogens with one attached hydrogen (secondary N) is 1. The molecule has 1 amide bonds. The van der Waals surface area contributed by atoms with Crippen LogP contribution in [-0.2, 0) is 0 Å². The van der Waals surface area contributed by atoms with Gasteiger partial charge in [-0.15, -0.1) is 5.10 Å². The van der Waals surface area contributed by atoms with Crippen LogP contribution in [-0.4, -0.2) is 37.4 Å². The number of nitrogens with zero attached hydrogens (tertiary/aromatic N) is 6. The van der Waals surface area contributed by atoms with E-state index in [1.165, 1.54) is 28.4 Å². The van der Waals surface area contributed by atoms with Crippen molar-refractivity contribution in [1.82, 2.24) is 30.7 Å². The van der Waals surface area contributed by atoms with Crippen molar-refractivity contribution in [2.45, 2.75) is 0 Å². The van der Waals surface area contributed by atoms with Crippen molar-refractivity contribution < 1.29 is 9.42 Å². The first kappa shape index (κ1) is 12.9. The van der Waals surface area contributed by atoms with Crippen LogP contribution in [0, 0.1) is 0 Å². The Morgan fingerprint density at radius 2 is 2.43 bits per heavy atom. The van der Waals surface area contributed by atoms with Crippen LogP contribution in [0.5, 0.6) is 0 Å². The predicted octanol–water partition coefficient (Wildman–Crippen LogP) is 0.0579. The molecule has 0 saturated heterocycles. The number of hydrazone groups is 1. The van der Waals surface area contributed by atoms with Gasteiger partial charge in [0.15, 0.2) is 5.69 Å². The summed E-state index contributed by atoms with van der Waals surface area (Å²) in [6.07, 6.45) is 2.86. The van der Waals surface area contributed by atoms with Crippen LogP contribution in [0.3, 0.4) is 0 Å². The van der Waals surface area contributed by atoms with E-state index in [1.54, 1.807) is 0 Å². The third kappa shape index (κ3) is 2.76. The van der Waals surface area contributed by atoms with Gasteiger partial charge in [-0.1, -0.05) is 5.21 Å². The molecule has 0 saturated carbocycles. The quantitative estimate of drug-likeness (QED) is 0.513. The van der Waals surface area contributed by atoms with Crippen molar-refractivity contribution in [2.75, 3.05) is 5.73 Å². The smallest absolute Gasteiger partial charge is 0.293 e. The molecule has 3 aromatic heterocycles. The number of rotatable bonds is 4. The number of amides is 1. The average molecular weight is 304 g/mol. The van der Waals surface area contributed by atoms with Gasteiger partial charge in [0.1, 0.15) is 0 Å². The fourth-order valence-electron chi connectivity index (χ4n) is 1.39. The minimum absolute atomic E-state index is 0.0438. The summed E-state index contributed by atoms with van der Waals surface area (Å²) in [6, 6.07) is 1.87. The van der Waals surface area contributed by atoms with Crippen molar-refractivity contribution in [2.24, 2.45) is 5.10 Å². The Morgan fingerprint density at radius 1 is 1.52 bits per heavy atom. The summed E-state index contributed by atoms with van der Waals surface area (Å²) in [7, 11) is 0. The summed E-state index contributed by atoms with van der Waals surface area (Å²) >= 11 is 1.53. The van der Waals surface area contributed by atoms with Gasteiger partial charge in [-0.05, 0) is 27.1 Å². The van der Waals surface area contributed by atoms with E-state index in [-0.39, 0.29) is 17.3 Å². The molecule has 3 heterocycles. The second kappa shape index (κ2) is 5.50. The van der Waals surface area contributed by atoms with Crippen molar-refractivity contribution in [1.29, 1.82) is 0 Å². The van der Waals surface area contributed by atoms with E-state index >= 15 is 0 Å². The highest BCUT2D eigenvalue weighted by Gasteiger charge is 2.15. The normalized spacial score (nSPS) is 11.0. The molecule has 0 atom stereocenters. The van der Waals surface area contributed by atoms with Gasteiger partial charge in [-0.2, -0.15) is 21.1 Å². The second-order valence-electron chi connectivity index (χ2n) is 3.78. The topological polar surface area (TPSA) is 137 Å². The molecule has 3 aromatic rings. The summed E-state index contributed by atoms with van der Waals surface area (Å²) in [5.41, 5.74) is 8.80. The lowest BCUT2D eigenvalue weighted by Crippen LogP contribution is -2.18. The molecule has 10 nitrogen and oxygen atoms in total. The maximum Gasteiger partial charge on any atom is 0.293 e. The molecule has 0 unspecified atom stereocenters. The molecule has 0 spiro atoms. The van der Waals surface area contributed by atoms with E-state index in [2.05, 4.69) is 35.8 Å². The van der Waals surface area contributed by atoms with Crippen LogP contribution in [0.1, 0.15) is 16.1 Å². The number of thiophene rings is 1. The highest BCUT2D eigenvalue weighted by molar-refractivity contribution is 7.08. The molecule has 106 valence electrons. The minimum atomic E-state index is -0.511. The van der Waals surface area contributed by atoms with Crippen LogP contribution < -0.4 is 11.2 Å². The van der Waals surface area contributed by atoms with Gasteiger partial charge in [0.25, 0.3) is 5.91 Å². The van der Waals surface area contributed by atoms with Crippen LogP contribution in [0.2, 0.25) is 0 Å². The van der Waals surface area contributed by atoms with Gasteiger partial charge < -0.3 is 5.73 Å². The summed E-state index contributed by atoms with van der Waals surface area (Å²) < 4.78 is 5.62. The minimum Gasteiger partial charge on any atom is -0.378 e. The number of hydrogen-bond acceptors (Lipinski definition) is 9.